The average Bonchev–Trinajstić information content (AvgIpc) is 3.21. The van der Waals surface area contributed by atoms with Gasteiger partial charge in [0.25, 0.3) is 0 Å². The number of carbonyl (C=O) groups excluding carboxylic acids is 3. The molecule has 1 unspecified atom stereocenters. The molecule has 8 nitrogen and oxygen atoms in total. The van der Waals surface area contributed by atoms with E-state index in [0.29, 0.717) is 31.1 Å². The maximum atomic E-state index is 13.6. The van der Waals surface area contributed by atoms with Crippen molar-refractivity contribution in [3.05, 3.63) is 70.2 Å². The maximum Gasteiger partial charge on any atom is 0.408 e. The summed E-state index contributed by atoms with van der Waals surface area (Å²) in [5, 5.41) is 6.33. The van der Waals surface area contributed by atoms with Gasteiger partial charge in [0, 0.05) is 38.1 Å². The molecule has 2 saturated heterocycles. The van der Waals surface area contributed by atoms with Crippen LogP contribution in [0.2, 0.25) is 5.02 Å². The Balaban J connectivity index is 1.45. The second kappa shape index (κ2) is 11.6. The quantitative estimate of drug-likeness (QED) is 0.546. The van der Waals surface area contributed by atoms with Gasteiger partial charge in [0.05, 0.1) is 6.04 Å². The first-order valence-corrected chi connectivity index (χ1v) is 13.5. The number of nitrogens with zero attached hydrogens (tertiary/aromatic N) is 2. The highest BCUT2D eigenvalue weighted by Crippen LogP contribution is 2.35. The van der Waals surface area contributed by atoms with Crippen LogP contribution in [0.25, 0.3) is 0 Å². The summed E-state index contributed by atoms with van der Waals surface area (Å²) < 4.78 is 5.44. The van der Waals surface area contributed by atoms with Gasteiger partial charge in [0.15, 0.2) is 0 Å². The van der Waals surface area contributed by atoms with Gasteiger partial charge >= 0.3 is 12.1 Å². The molecule has 2 aromatic rings. The van der Waals surface area contributed by atoms with Gasteiger partial charge in [-0.2, -0.15) is 0 Å². The monoisotopic (exact) mass is 540 g/mol. The lowest BCUT2D eigenvalue weighted by Gasteiger charge is -2.36. The van der Waals surface area contributed by atoms with Gasteiger partial charge in [-0.1, -0.05) is 48.0 Å². The van der Waals surface area contributed by atoms with Gasteiger partial charge in [-0.05, 0) is 68.4 Å². The number of benzene rings is 2. The van der Waals surface area contributed by atoms with Crippen molar-refractivity contribution in [2.24, 2.45) is 0 Å². The number of rotatable bonds is 6. The molecule has 2 heterocycles. The van der Waals surface area contributed by atoms with Crippen LogP contribution < -0.4 is 10.6 Å². The average molecular weight is 541 g/mol. The largest absolute Gasteiger partial charge is 0.444 e. The second-order valence-electron chi connectivity index (χ2n) is 11.1. The molecule has 2 aromatic carbocycles. The summed E-state index contributed by atoms with van der Waals surface area (Å²) in [5.41, 5.74) is 2.62. The van der Waals surface area contributed by atoms with Gasteiger partial charge in [0.1, 0.15) is 11.6 Å². The Labute approximate surface area is 229 Å². The number of urea groups is 1. The number of hydrogen-bond donors (Lipinski definition) is 2. The van der Waals surface area contributed by atoms with Crippen LogP contribution in [0.4, 0.5) is 9.59 Å². The van der Waals surface area contributed by atoms with E-state index < -0.39 is 17.7 Å². The van der Waals surface area contributed by atoms with Crippen molar-refractivity contribution in [2.45, 2.75) is 63.6 Å². The SMILES string of the molecule is CN1C(=O)NCC1c1ccccc1C1CCN(C(=O)[C@@H](Cc2ccc(Cl)cc2)NC(=O)OC(C)(C)C)CC1. The molecule has 0 saturated carbocycles. The van der Waals surface area contributed by atoms with E-state index in [-0.39, 0.29) is 23.9 Å². The fourth-order valence-corrected chi connectivity index (χ4v) is 5.36. The maximum absolute atomic E-state index is 13.6. The predicted octanol–water partition coefficient (Wildman–Crippen LogP) is 4.88. The van der Waals surface area contributed by atoms with Crippen LogP contribution in [-0.4, -0.2) is 66.2 Å². The predicted molar refractivity (Wildman–Crippen MR) is 147 cm³/mol. The van der Waals surface area contributed by atoms with Gasteiger partial charge in [-0.15, -0.1) is 0 Å². The first-order valence-electron chi connectivity index (χ1n) is 13.1. The molecule has 2 aliphatic rings. The van der Waals surface area contributed by atoms with Crippen molar-refractivity contribution in [2.75, 3.05) is 26.7 Å². The summed E-state index contributed by atoms with van der Waals surface area (Å²) in [5.74, 6) is 0.163. The molecule has 4 rings (SSSR count). The molecule has 2 N–H and O–H groups in total. The van der Waals surface area contributed by atoms with E-state index in [0.717, 1.165) is 24.0 Å². The number of ether oxygens (including phenoxy) is 1. The number of amides is 4. The van der Waals surface area contributed by atoms with Crippen LogP contribution >= 0.6 is 11.6 Å². The van der Waals surface area contributed by atoms with Crippen LogP contribution in [-0.2, 0) is 16.0 Å². The molecule has 0 spiro atoms. The molecule has 0 aromatic heterocycles. The number of alkyl carbamates (subject to hydrolysis) is 1. The summed E-state index contributed by atoms with van der Waals surface area (Å²) in [7, 11) is 1.82. The molecule has 0 bridgehead atoms. The van der Waals surface area contributed by atoms with Crippen LogP contribution in [0, 0.1) is 0 Å². The molecule has 0 radical (unpaired) electrons. The smallest absolute Gasteiger partial charge is 0.408 e. The molecule has 38 heavy (non-hydrogen) atoms. The number of nitrogens with one attached hydrogen (secondary N) is 2. The number of likely N-dealkylation sites (N-methyl/N-ethyl adjacent to an activating group) is 1. The van der Waals surface area contributed by atoms with Gasteiger partial charge in [-0.25, -0.2) is 9.59 Å². The van der Waals surface area contributed by atoms with Crippen molar-refractivity contribution < 1.29 is 19.1 Å². The molecule has 2 fully saturated rings. The zero-order valence-corrected chi connectivity index (χ0v) is 23.3. The number of carbonyl (C=O) groups is 3. The highest BCUT2D eigenvalue weighted by Gasteiger charge is 2.34. The Morgan fingerprint density at radius 3 is 2.29 bits per heavy atom. The first-order chi connectivity index (χ1) is 18.0. The molecule has 2 atom stereocenters. The standard InChI is InChI=1S/C29H37ClN4O4/c1-29(2,3)38-28(37)32-24(17-19-9-11-21(30)12-10-19)26(35)34-15-13-20(14-16-34)22-7-5-6-8-23(22)25-18-31-27(36)33(25)4/h5-12,20,24-25H,13-18H2,1-4H3,(H,31,36)(H,32,37)/t24-,25?/m1/s1. The van der Waals surface area contributed by atoms with Crippen LogP contribution in [0.1, 0.15) is 62.3 Å². The fraction of sp³-hybridized carbons (Fsp3) is 0.483. The van der Waals surface area contributed by atoms with E-state index in [9.17, 15) is 14.4 Å². The lowest BCUT2D eigenvalue weighted by molar-refractivity contribution is -0.134. The van der Waals surface area contributed by atoms with Crippen molar-refractivity contribution in [1.82, 2.24) is 20.4 Å². The van der Waals surface area contributed by atoms with Crippen LogP contribution in [0.15, 0.2) is 48.5 Å². The zero-order valence-electron chi connectivity index (χ0n) is 22.5. The Hall–Kier alpha value is -3.26. The fourth-order valence-electron chi connectivity index (χ4n) is 5.23. The summed E-state index contributed by atoms with van der Waals surface area (Å²) in [6, 6.07) is 14.8. The molecule has 204 valence electrons. The van der Waals surface area contributed by atoms with Gasteiger partial charge in [-0.3, -0.25) is 4.79 Å². The normalized spacial score (nSPS) is 19.2. The van der Waals surface area contributed by atoms with E-state index in [2.05, 4.69) is 22.8 Å². The number of likely N-dealkylation sites (tertiary alicyclic amines) is 1. The summed E-state index contributed by atoms with van der Waals surface area (Å²) in [6.07, 6.45) is 1.34. The number of piperidine rings is 1. The lowest BCUT2D eigenvalue weighted by atomic mass is 9.84. The van der Waals surface area contributed by atoms with E-state index in [1.54, 1.807) is 37.8 Å². The van der Waals surface area contributed by atoms with Gasteiger partial charge in [0.2, 0.25) is 5.91 Å². The highest BCUT2D eigenvalue weighted by atomic mass is 35.5. The zero-order chi connectivity index (χ0) is 27.4. The lowest BCUT2D eigenvalue weighted by Crippen LogP contribution is -2.52. The topological polar surface area (TPSA) is 91.0 Å². The van der Waals surface area contributed by atoms with Crippen molar-refractivity contribution >= 4 is 29.6 Å². The Morgan fingerprint density at radius 1 is 1.08 bits per heavy atom. The van der Waals surface area contributed by atoms with Crippen molar-refractivity contribution in [3.63, 3.8) is 0 Å². The molecule has 9 heteroatoms. The molecule has 2 aliphatic heterocycles. The van der Waals surface area contributed by atoms with Crippen molar-refractivity contribution in [3.8, 4) is 0 Å². The third-order valence-corrected chi connectivity index (χ3v) is 7.43. The van der Waals surface area contributed by atoms with Gasteiger partial charge < -0.3 is 25.2 Å². The molecule has 4 amide bonds. The van der Waals surface area contributed by atoms with Crippen molar-refractivity contribution in [1.29, 1.82) is 0 Å². The Bertz CT molecular complexity index is 1160. The van der Waals surface area contributed by atoms with E-state index in [1.807, 2.05) is 36.2 Å². The number of hydrogen-bond acceptors (Lipinski definition) is 4. The highest BCUT2D eigenvalue weighted by molar-refractivity contribution is 6.30. The minimum atomic E-state index is -0.751. The molecular weight excluding hydrogens is 504 g/mol. The second-order valence-corrected chi connectivity index (χ2v) is 11.5. The van der Waals surface area contributed by atoms with E-state index in [1.165, 1.54) is 5.56 Å². The van der Waals surface area contributed by atoms with Crippen LogP contribution in [0.3, 0.4) is 0 Å². The first kappa shape index (κ1) is 27.8. The Kier molecular flexibility index (Phi) is 8.51. The third kappa shape index (κ3) is 6.78. The van der Waals surface area contributed by atoms with E-state index >= 15 is 0 Å². The summed E-state index contributed by atoms with van der Waals surface area (Å²) in [6.45, 7) is 7.14. The molecular formula is C29H37ClN4O4. The van der Waals surface area contributed by atoms with E-state index in [4.69, 9.17) is 16.3 Å². The summed E-state index contributed by atoms with van der Waals surface area (Å²) >= 11 is 6.03. The minimum Gasteiger partial charge on any atom is -0.444 e. The van der Waals surface area contributed by atoms with Crippen LogP contribution in [0.5, 0.6) is 0 Å². The Morgan fingerprint density at radius 2 is 1.71 bits per heavy atom. The molecule has 0 aliphatic carbocycles. The number of halogens is 1. The summed E-state index contributed by atoms with van der Waals surface area (Å²) in [4.78, 5) is 41.9. The minimum absolute atomic E-state index is 0.000136. The third-order valence-electron chi connectivity index (χ3n) is 7.18.